The Kier molecular flexibility index (Phi) is 7.01. The lowest BCUT2D eigenvalue weighted by molar-refractivity contribution is 0.284. The van der Waals surface area contributed by atoms with Crippen molar-refractivity contribution in [1.82, 2.24) is 9.66 Å². The van der Waals surface area contributed by atoms with Crippen LogP contribution in [0.5, 0.6) is 11.5 Å². The van der Waals surface area contributed by atoms with Crippen LogP contribution in [0.1, 0.15) is 16.7 Å². The van der Waals surface area contributed by atoms with E-state index < -0.39 is 0 Å². The lowest BCUT2D eigenvalue weighted by atomic mass is 10.1. The third-order valence-electron chi connectivity index (χ3n) is 5.83. The summed E-state index contributed by atoms with van der Waals surface area (Å²) in [6.07, 6.45) is 1.55. The zero-order valence-corrected chi connectivity index (χ0v) is 21.1. The highest BCUT2D eigenvalue weighted by atomic mass is 35.5. The Morgan fingerprint density at radius 2 is 1.76 bits per heavy atom. The zero-order valence-electron chi connectivity index (χ0n) is 20.4. The smallest absolute Gasteiger partial charge is 0.282 e. The van der Waals surface area contributed by atoms with Gasteiger partial charge in [0.15, 0.2) is 17.3 Å². The molecule has 5 rings (SSSR count). The summed E-state index contributed by atoms with van der Waals surface area (Å²) in [5, 5.41) is 5.49. The molecule has 0 unspecified atom stereocenters. The molecule has 0 amide bonds. The first kappa shape index (κ1) is 24.3. The van der Waals surface area contributed by atoms with E-state index in [1.807, 2.05) is 67.6 Å². The molecule has 0 spiro atoms. The van der Waals surface area contributed by atoms with E-state index in [1.165, 1.54) is 4.68 Å². The SMILES string of the molecule is COc1cc(Cl)cc(C=Nn2c(-c3ccccc3)nc3ccccc3c2=O)c1OCc1cccc(C)c1. The summed E-state index contributed by atoms with van der Waals surface area (Å²) in [7, 11) is 1.55. The highest BCUT2D eigenvalue weighted by Crippen LogP contribution is 2.34. The molecular formula is C30H24ClN3O3. The number of para-hydroxylation sites is 1. The predicted molar refractivity (Wildman–Crippen MR) is 148 cm³/mol. The summed E-state index contributed by atoms with van der Waals surface area (Å²) in [4.78, 5) is 18.2. The second-order valence-corrected chi connectivity index (χ2v) is 8.92. The molecule has 1 heterocycles. The topological polar surface area (TPSA) is 65.7 Å². The predicted octanol–water partition coefficient (Wildman–Crippen LogP) is 6.50. The summed E-state index contributed by atoms with van der Waals surface area (Å²) in [6, 6.07) is 28.2. The summed E-state index contributed by atoms with van der Waals surface area (Å²) in [5.41, 5.74) is 3.81. The highest BCUT2D eigenvalue weighted by molar-refractivity contribution is 6.31. The van der Waals surface area contributed by atoms with Gasteiger partial charge in [-0.1, -0.05) is 83.9 Å². The number of rotatable bonds is 7. The fraction of sp³-hybridized carbons (Fsp3) is 0.100. The second kappa shape index (κ2) is 10.7. The Balaban J connectivity index is 1.61. The average molecular weight is 510 g/mol. The van der Waals surface area contributed by atoms with E-state index >= 15 is 0 Å². The number of hydrogen-bond acceptors (Lipinski definition) is 5. The van der Waals surface area contributed by atoms with Crippen molar-refractivity contribution in [3.8, 4) is 22.9 Å². The van der Waals surface area contributed by atoms with Gasteiger partial charge in [0.25, 0.3) is 5.56 Å². The van der Waals surface area contributed by atoms with E-state index in [0.717, 1.165) is 16.7 Å². The first-order chi connectivity index (χ1) is 18.0. The van der Waals surface area contributed by atoms with Gasteiger partial charge in [-0.15, -0.1) is 0 Å². The largest absolute Gasteiger partial charge is 0.493 e. The van der Waals surface area contributed by atoms with Gasteiger partial charge in [-0.3, -0.25) is 4.79 Å². The zero-order chi connectivity index (χ0) is 25.8. The van der Waals surface area contributed by atoms with E-state index in [0.29, 0.717) is 45.4 Å². The van der Waals surface area contributed by atoms with Gasteiger partial charge in [-0.2, -0.15) is 9.78 Å². The van der Waals surface area contributed by atoms with Crippen LogP contribution in [0.3, 0.4) is 0 Å². The third kappa shape index (κ3) is 5.25. The molecule has 0 atom stereocenters. The van der Waals surface area contributed by atoms with Gasteiger partial charge in [0, 0.05) is 22.2 Å². The molecule has 6 nitrogen and oxygen atoms in total. The molecule has 0 N–H and O–H groups in total. The maximum Gasteiger partial charge on any atom is 0.282 e. The average Bonchev–Trinajstić information content (AvgIpc) is 2.92. The normalized spacial score (nSPS) is 11.2. The van der Waals surface area contributed by atoms with E-state index in [4.69, 9.17) is 26.1 Å². The minimum atomic E-state index is -0.281. The number of nitrogens with zero attached hydrogens (tertiary/aromatic N) is 3. The van der Waals surface area contributed by atoms with Crippen LogP contribution in [0.25, 0.3) is 22.3 Å². The number of aromatic nitrogens is 2. The van der Waals surface area contributed by atoms with Crippen LogP contribution in [0.4, 0.5) is 0 Å². The summed E-state index contributed by atoms with van der Waals surface area (Å²) in [6.45, 7) is 2.36. The van der Waals surface area contributed by atoms with Gasteiger partial charge in [-0.05, 0) is 30.7 Å². The van der Waals surface area contributed by atoms with Crippen molar-refractivity contribution >= 4 is 28.7 Å². The van der Waals surface area contributed by atoms with Crippen LogP contribution >= 0.6 is 11.6 Å². The molecular weight excluding hydrogens is 486 g/mol. The van der Waals surface area contributed by atoms with Gasteiger partial charge in [0.05, 0.1) is 24.2 Å². The number of halogens is 1. The van der Waals surface area contributed by atoms with Crippen molar-refractivity contribution in [2.75, 3.05) is 7.11 Å². The number of ether oxygens (including phenoxy) is 2. The Labute approximate surface area is 219 Å². The first-order valence-corrected chi connectivity index (χ1v) is 12.1. The van der Waals surface area contributed by atoms with Gasteiger partial charge < -0.3 is 9.47 Å². The third-order valence-corrected chi connectivity index (χ3v) is 6.05. The Bertz CT molecular complexity index is 1660. The lowest BCUT2D eigenvalue weighted by Gasteiger charge is -2.15. The molecule has 0 saturated carbocycles. The maximum atomic E-state index is 13.5. The molecule has 184 valence electrons. The molecule has 5 aromatic rings. The van der Waals surface area contributed by atoms with Crippen molar-refractivity contribution in [3.05, 3.63) is 123 Å². The Morgan fingerprint density at radius 3 is 2.54 bits per heavy atom. The first-order valence-electron chi connectivity index (χ1n) is 11.7. The fourth-order valence-corrected chi connectivity index (χ4v) is 4.29. The van der Waals surface area contributed by atoms with E-state index in [1.54, 1.807) is 37.6 Å². The van der Waals surface area contributed by atoms with Crippen LogP contribution in [0, 0.1) is 6.92 Å². The summed E-state index contributed by atoms with van der Waals surface area (Å²) >= 11 is 6.38. The lowest BCUT2D eigenvalue weighted by Crippen LogP contribution is -2.20. The Hall–Kier alpha value is -4.42. The molecule has 37 heavy (non-hydrogen) atoms. The van der Waals surface area contributed by atoms with E-state index in [-0.39, 0.29) is 5.56 Å². The van der Waals surface area contributed by atoms with Gasteiger partial charge in [0.2, 0.25) is 0 Å². The van der Waals surface area contributed by atoms with Gasteiger partial charge in [0.1, 0.15) is 6.61 Å². The molecule has 0 saturated heterocycles. The van der Waals surface area contributed by atoms with Gasteiger partial charge >= 0.3 is 0 Å². The summed E-state index contributed by atoms with van der Waals surface area (Å²) < 4.78 is 13.0. The molecule has 0 aliphatic carbocycles. The van der Waals surface area contributed by atoms with Crippen molar-refractivity contribution in [3.63, 3.8) is 0 Å². The van der Waals surface area contributed by atoms with Crippen LogP contribution < -0.4 is 15.0 Å². The second-order valence-electron chi connectivity index (χ2n) is 8.48. The summed E-state index contributed by atoms with van der Waals surface area (Å²) in [5.74, 6) is 1.37. The van der Waals surface area contributed by atoms with Gasteiger partial charge in [-0.25, -0.2) is 4.98 Å². The molecule has 0 aliphatic rings. The number of hydrogen-bond donors (Lipinski definition) is 0. The minimum Gasteiger partial charge on any atom is -0.493 e. The van der Waals surface area contributed by atoms with E-state index in [9.17, 15) is 4.79 Å². The maximum absolute atomic E-state index is 13.5. The van der Waals surface area contributed by atoms with Crippen molar-refractivity contribution in [1.29, 1.82) is 0 Å². The number of methoxy groups -OCH3 is 1. The van der Waals surface area contributed by atoms with Crippen molar-refractivity contribution < 1.29 is 9.47 Å². The fourth-order valence-electron chi connectivity index (χ4n) is 4.07. The minimum absolute atomic E-state index is 0.281. The van der Waals surface area contributed by atoms with Crippen molar-refractivity contribution in [2.45, 2.75) is 13.5 Å². The standard InChI is InChI=1S/C30H24ClN3O3/c1-20-9-8-10-21(15-20)19-37-28-23(16-24(31)17-27(28)36-2)18-32-34-29(22-11-4-3-5-12-22)33-26-14-7-6-13-25(26)30(34)35/h3-18H,19H2,1-2H3. The molecule has 0 radical (unpaired) electrons. The number of fused-ring (bicyclic) bond motifs is 1. The monoisotopic (exact) mass is 509 g/mol. The van der Waals surface area contributed by atoms with Crippen LogP contribution in [-0.2, 0) is 6.61 Å². The molecule has 0 aliphatic heterocycles. The Morgan fingerprint density at radius 1 is 0.973 bits per heavy atom. The molecule has 0 bridgehead atoms. The van der Waals surface area contributed by atoms with Crippen LogP contribution in [0.2, 0.25) is 5.02 Å². The number of aryl methyl sites for hydroxylation is 1. The van der Waals surface area contributed by atoms with Crippen LogP contribution in [0.15, 0.2) is 101 Å². The molecule has 1 aromatic heterocycles. The quantitative estimate of drug-likeness (QED) is 0.235. The molecule has 7 heteroatoms. The van der Waals surface area contributed by atoms with Crippen molar-refractivity contribution in [2.24, 2.45) is 5.10 Å². The molecule has 0 fully saturated rings. The van der Waals surface area contributed by atoms with E-state index in [2.05, 4.69) is 11.2 Å². The highest BCUT2D eigenvalue weighted by Gasteiger charge is 2.15. The number of benzene rings is 4. The molecule has 4 aromatic carbocycles. The van der Waals surface area contributed by atoms with Crippen LogP contribution in [-0.4, -0.2) is 23.0 Å².